The van der Waals surface area contributed by atoms with Gasteiger partial charge in [-0.15, -0.1) is 0 Å². The molecule has 29 heavy (non-hydrogen) atoms. The van der Waals surface area contributed by atoms with Gasteiger partial charge in [-0.1, -0.05) is 74.1 Å². The zero-order valence-corrected chi connectivity index (χ0v) is 17.9. The van der Waals surface area contributed by atoms with E-state index in [1.807, 2.05) is 12.4 Å². The average Bonchev–Trinajstić information content (AvgIpc) is 3.17. The van der Waals surface area contributed by atoms with Crippen molar-refractivity contribution in [1.29, 1.82) is 0 Å². The summed E-state index contributed by atoms with van der Waals surface area (Å²) in [4.78, 5) is 9.35. The fourth-order valence-electron chi connectivity index (χ4n) is 4.73. The highest BCUT2D eigenvalue weighted by molar-refractivity contribution is 6.10. The second kappa shape index (κ2) is 8.32. The van der Waals surface area contributed by atoms with Crippen LogP contribution in [0.4, 0.5) is 0 Å². The monoisotopic (exact) mass is 382 g/mol. The van der Waals surface area contributed by atoms with E-state index in [0.717, 1.165) is 13.0 Å². The molecule has 0 amide bonds. The standard InChI is InChI=1S/C27H30N2/c1-5-20(16-28-6-2)26-17-29-27-22(12-9-13-24(26)27)19(4)25-15-18(3)14-21-10-7-8-11-23(21)25/h5,7-14,16-19,24H,6,15H2,1-4H3/b20-5+,28-16?. The molecule has 1 heterocycles. The van der Waals surface area contributed by atoms with Crippen LogP contribution in [0.2, 0.25) is 0 Å². The molecule has 0 N–H and O–H groups in total. The predicted molar refractivity (Wildman–Crippen MR) is 126 cm³/mol. The van der Waals surface area contributed by atoms with Crippen molar-refractivity contribution >= 4 is 23.6 Å². The molecule has 3 aliphatic rings. The van der Waals surface area contributed by atoms with E-state index < -0.39 is 0 Å². The first-order chi connectivity index (χ1) is 14.1. The van der Waals surface area contributed by atoms with Crippen LogP contribution in [0.15, 0.2) is 81.5 Å². The van der Waals surface area contributed by atoms with E-state index in [0.29, 0.717) is 11.8 Å². The van der Waals surface area contributed by atoms with Gasteiger partial charge in [0, 0.05) is 30.8 Å². The Morgan fingerprint density at radius 1 is 1.31 bits per heavy atom. The van der Waals surface area contributed by atoms with Gasteiger partial charge in [0.05, 0.1) is 5.71 Å². The number of hydrogen-bond acceptors (Lipinski definition) is 2. The number of hydrogen-bond donors (Lipinski definition) is 0. The number of aliphatic imine (C=N–C) groups is 2. The molecule has 0 spiro atoms. The summed E-state index contributed by atoms with van der Waals surface area (Å²) in [5, 5.41) is 2.77. The summed E-state index contributed by atoms with van der Waals surface area (Å²) in [5.41, 5.74) is 6.51. The van der Waals surface area contributed by atoms with Crippen molar-refractivity contribution < 1.29 is 0 Å². The highest BCUT2D eigenvalue weighted by Crippen LogP contribution is 2.38. The van der Waals surface area contributed by atoms with E-state index in [1.54, 1.807) is 0 Å². The topological polar surface area (TPSA) is 24.7 Å². The zero-order valence-electron chi connectivity index (χ0n) is 17.9. The molecule has 148 valence electrons. The van der Waals surface area contributed by atoms with Crippen LogP contribution in [0.5, 0.6) is 0 Å². The first-order valence-electron chi connectivity index (χ1n) is 10.8. The molecule has 2 nitrogen and oxygen atoms in total. The van der Waals surface area contributed by atoms with Crippen LogP contribution in [0, 0.1) is 17.8 Å². The number of allylic oxidation sites excluding steroid dienone is 7. The van der Waals surface area contributed by atoms with Crippen LogP contribution in [-0.4, -0.2) is 18.5 Å². The van der Waals surface area contributed by atoms with E-state index in [2.05, 4.69) is 87.3 Å². The Morgan fingerprint density at radius 2 is 2.14 bits per heavy atom. The molecule has 2 heteroatoms. The van der Waals surface area contributed by atoms with Crippen molar-refractivity contribution in [1.82, 2.24) is 0 Å². The summed E-state index contributed by atoms with van der Waals surface area (Å²) in [7, 11) is 0. The second-order valence-electron chi connectivity index (χ2n) is 8.14. The maximum absolute atomic E-state index is 4.90. The lowest BCUT2D eigenvalue weighted by atomic mass is 9.76. The van der Waals surface area contributed by atoms with E-state index >= 15 is 0 Å². The zero-order chi connectivity index (χ0) is 20.4. The summed E-state index contributed by atoms with van der Waals surface area (Å²) in [6.07, 6.45) is 16.4. The Kier molecular flexibility index (Phi) is 5.62. The molecule has 0 aromatic heterocycles. The molecular weight excluding hydrogens is 352 g/mol. The lowest BCUT2D eigenvalue weighted by molar-refractivity contribution is 0.728. The highest BCUT2D eigenvalue weighted by atomic mass is 14.8. The molecule has 0 bridgehead atoms. The second-order valence-corrected chi connectivity index (χ2v) is 8.14. The van der Waals surface area contributed by atoms with Gasteiger partial charge in [-0.05, 0) is 53.3 Å². The molecule has 0 radical (unpaired) electrons. The van der Waals surface area contributed by atoms with Crippen LogP contribution in [0.1, 0.15) is 34.1 Å². The first-order valence-corrected chi connectivity index (χ1v) is 10.8. The van der Waals surface area contributed by atoms with Gasteiger partial charge >= 0.3 is 0 Å². The van der Waals surface area contributed by atoms with Crippen LogP contribution >= 0.6 is 0 Å². The molecule has 2 aliphatic carbocycles. The van der Waals surface area contributed by atoms with Gasteiger partial charge in [0.25, 0.3) is 0 Å². The third kappa shape index (κ3) is 3.64. The van der Waals surface area contributed by atoms with Gasteiger partial charge in [0.2, 0.25) is 0 Å². The molecule has 0 saturated heterocycles. The minimum absolute atomic E-state index is 0.232. The highest BCUT2D eigenvalue weighted by Gasteiger charge is 2.32. The lowest BCUT2D eigenvalue weighted by Crippen LogP contribution is -2.34. The smallest absolute Gasteiger partial charge is 0.0555 e. The maximum atomic E-state index is 4.90. The van der Waals surface area contributed by atoms with Gasteiger partial charge in [-0.25, -0.2) is 0 Å². The van der Waals surface area contributed by atoms with Gasteiger partial charge in [0.1, 0.15) is 0 Å². The van der Waals surface area contributed by atoms with Crippen molar-refractivity contribution in [2.45, 2.75) is 34.1 Å². The third-order valence-corrected chi connectivity index (χ3v) is 6.21. The number of fused-ring (bicyclic) bond motifs is 2. The summed E-state index contributed by atoms with van der Waals surface area (Å²) in [6.45, 7) is 9.61. The van der Waals surface area contributed by atoms with E-state index in [-0.39, 0.29) is 5.92 Å². The van der Waals surface area contributed by atoms with Crippen molar-refractivity contribution in [3.63, 3.8) is 0 Å². The van der Waals surface area contributed by atoms with Crippen molar-refractivity contribution in [3.8, 4) is 0 Å². The quantitative estimate of drug-likeness (QED) is 0.655. The summed E-state index contributed by atoms with van der Waals surface area (Å²) < 4.78 is 0. The Hall–Kier alpha value is -2.74. The molecule has 3 atom stereocenters. The van der Waals surface area contributed by atoms with Crippen LogP contribution < -0.4 is 10.4 Å². The van der Waals surface area contributed by atoms with E-state index in [9.17, 15) is 0 Å². The lowest BCUT2D eigenvalue weighted by Gasteiger charge is -2.28. The number of rotatable bonds is 5. The van der Waals surface area contributed by atoms with E-state index in [4.69, 9.17) is 4.99 Å². The van der Waals surface area contributed by atoms with Crippen molar-refractivity contribution in [2.75, 3.05) is 6.54 Å². The minimum Gasteiger partial charge on any atom is -0.293 e. The summed E-state index contributed by atoms with van der Waals surface area (Å²) in [6, 6.07) is 8.82. The predicted octanol–water partition coefficient (Wildman–Crippen LogP) is 4.78. The summed E-state index contributed by atoms with van der Waals surface area (Å²) >= 11 is 0. The Bertz CT molecular complexity index is 1110. The molecule has 4 rings (SSSR count). The van der Waals surface area contributed by atoms with Gasteiger partial charge in [-0.2, -0.15) is 0 Å². The number of benzene rings is 1. The molecule has 1 aromatic carbocycles. The van der Waals surface area contributed by atoms with Crippen LogP contribution in [0.25, 0.3) is 11.6 Å². The van der Waals surface area contributed by atoms with Crippen LogP contribution in [-0.2, 0) is 0 Å². The molecule has 0 fully saturated rings. The SMILES string of the molecule is C/C=C(\C=NCC)C1=CN=C2C(C(C)C3=c4ccccc4=CC(C)C3)=CC=CC12. The fraction of sp³-hybridized carbons (Fsp3) is 0.333. The molecular formula is C27H30N2. The molecule has 1 aromatic rings. The minimum atomic E-state index is 0.232. The van der Waals surface area contributed by atoms with Crippen molar-refractivity contribution in [2.24, 2.45) is 27.7 Å². The van der Waals surface area contributed by atoms with Gasteiger partial charge < -0.3 is 0 Å². The molecule has 3 unspecified atom stereocenters. The van der Waals surface area contributed by atoms with Gasteiger partial charge in [0.15, 0.2) is 0 Å². The fourth-order valence-corrected chi connectivity index (χ4v) is 4.73. The first kappa shape index (κ1) is 19.6. The van der Waals surface area contributed by atoms with Gasteiger partial charge in [-0.3, -0.25) is 9.98 Å². The molecule has 1 aliphatic heterocycles. The molecule has 0 saturated carbocycles. The average molecular weight is 383 g/mol. The third-order valence-electron chi connectivity index (χ3n) is 6.21. The summed E-state index contributed by atoms with van der Waals surface area (Å²) in [5.74, 6) is 1.15. The maximum Gasteiger partial charge on any atom is 0.0555 e. The van der Waals surface area contributed by atoms with Crippen LogP contribution in [0.3, 0.4) is 0 Å². The van der Waals surface area contributed by atoms with Crippen molar-refractivity contribution in [3.05, 3.63) is 81.9 Å². The Labute approximate surface area is 174 Å². The largest absolute Gasteiger partial charge is 0.293 e. The normalized spacial score (nSPS) is 24.5. The Balaban J connectivity index is 1.69. The Morgan fingerprint density at radius 3 is 2.93 bits per heavy atom. The van der Waals surface area contributed by atoms with E-state index in [1.165, 1.54) is 38.4 Å². The number of nitrogens with zero attached hydrogens (tertiary/aromatic N) is 2.